The van der Waals surface area contributed by atoms with Crippen LogP contribution in [-0.2, 0) is 30.8 Å². The Morgan fingerprint density at radius 2 is 1.79 bits per heavy atom. The van der Waals surface area contributed by atoms with Crippen LogP contribution in [0.15, 0.2) is 53.4 Å². The van der Waals surface area contributed by atoms with Gasteiger partial charge in [0.2, 0.25) is 10.0 Å². The van der Waals surface area contributed by atoms with Crippen molar-refractivity contribution in [3.05, 3.63) is 54.1 Å². The van der Waals surface area contributed by atoms with Crippen molar-refractivity contribution in [3.63, 3.8) is 0 Å². The molecule has 0 spiro atoms. The maximum atomic E-state index is 12.3. The zero-order valence-electron chi connectivity index (χ0n) is 15.7. The number of nitrogens with zero attached hydrogens (tertiary/aromatic N) is 1. The second kappa shape index (κ2) is 8.85. The number of aromatic hydroxyl groups is 1. The number of hydrogen-bond acceptors (Lipinski definition) is 6. The van der Waals surface area contributed by atoms with Gasteiger partial charge in [0.15, 0.2) is 6.10 Å². The van der Waals surface area contributed by atoms with E-state index >= 15 is 0 Å². The van der Waals surface area contributed by atoms with Gasteiger partial charge >= 0.3 is 5.97 Å². The predicted molar refractivity (Wildman–Crippen MR) is 103 cm³/mol. The highest BCUT2D eigenvalue weighted by molar-refractivity contribution is 7.89. The summed E-state index contributed by atoms with van der Waals surface area (Å²) >= 11 is 0. The van der Waals surface area contributed by atoms with E-state index < -0.39 is 28.0 Å². The van der Waals surface area contributed by atoms with E-state index in [0.717, 1.165) is 4.31 Å². The maximum absolute atomic E-state index is 12.3. The fourth-order valence-corrected chi connectivity index (χ4v) is 3.21. The van der Waals surface area contributed by atoms with Gasteiger partial charge in [-0.1, -0.05) is 18.2 Å². The van der Waals surface area contributed by atoms with Crippen LogP contribution in [0.4, 0.5) is 5.69 Å². The van der Waals surface area contributed by atoms with Crippen molar-refractivity contribution < 1.29 is 27.9 Å². The van der Waals surface area contributed by atoms with Crippen LogP contribution in [0, 0.1) is 0 Å². The molecule has 0 aromatic heterocycles. The number of phenols is 1. The molecule has 0 heterocycles. The molecule has 1 amide bonds. The minimum absolute atomic E-state index is 0.0345. The number of sulfonamides is 1. The van der Waals surface area contributed by atoms with Crippen molar-refractivity contribution >= 4 is 27.6 Å². The van der Waals surface area contributed by atoms with Crippen molar-refractivity contribution in [2.24, 2.45) is 0 Å². The molecule has 0 saturated heterocycles. The first-order valence-corrected chi connectivity index (χ1v) is 9.84. The highest BCUT2D eigenvalue weighted by Crippen LogP contribution is 2.18. The summed E-state index contributed by atoms with van der Waals surface area (Å²) in [6.45, 7) is 1.42. The highest BCUT2D eigenvalue weighted by Gasteiger charge is 2.20. The summed E-state index contributed by atoms with van der Waals surface area (Å²) in [7, 11) is -0.807. The zero-order chi connectivity index (χ0) is 20.9. The number of carbonyl (C=O) groups excluding carboxylic acids is 2. The number of benzene rings is 2. The van der Waals surface area contributed by atoms with E-state index in [1.165, 1.54) is 57.4 Å². The van der Waals surface area contributed by atoms with Gasteiger partial charge in [-0.3, -0.25) is 9.59 Å². The number of nitrogens with one attached hydrogen (secondary N) is 1. The second-order valence-electron chi connectivity index (χ2n) is 6.28. The molecule has 2 aromatic rings. The van der Waals surface area contributed by atoms with E-state index in [2.05, 4.69) is 5.32 Å². The molecule has 9 heteroatoms. The largest absolute Gasteiger partial charge is 0.508 e. The van der Waals surface area contributed by atoms with Crippen LogP contribution in [-0.4, -0.2) is 49.9 Å². The monoisotopic (exact) mass is 406 g/mol. The molecule has 0 bridgehead atoms. The lowest BCUT2D eigenvalue weighted by Gasteiger charge is -2.15. The van der Waals surface area contributed by atoms with Gasteiger partial charge < -0.3 is 15.2 Å². The van der Waals surface area contributed by atoms with Gasteiger partial charge in [-0.25, -0.2) is 12.7 Å². The van der Waals surface area contributed by atoms with Crippen molar-refractivity contribution in [1.29, 1.82) is 0 Å². The molecule has 0 saturated carbocycles. The van der Waals surface area contributed by atoms with Gasteiger partial charge in [-0.05, 0) is 42.8 Å². The number of rotatable bonds is 7. The highest BCUT2D eigenvalue weighted by atomic mass is 32.2. The smallest absolute Gasteiger partial charge is 0.311 e. The Morgan fingerprint density at radius 1 is 1.14 bits per heavy atom. The number of anilines is 1. The average molecular weight is 406 g/mol. The second-order valence-corrected chi connectivity index (χ2v) is 8.43. The van der Waals surface area contributed by atoms with Gasteiger partial charge in [-0.2, -0.15) is 0 Å². The Labute approximate surface area is 163 Å². The molecule has 0 aliphatic heterocycles. The topological polar surface area (TPSA) is 113 Å². The van der Waals surface area contributed by atoms with E-state index in [9.17, 15) is 23.1 Å². The molecule has 0 aliphatic rings. The van der Waals surface area contributed by atoms with Crippen LogP contribution in [0.1, 0.15) is 12.5 Å². The Hall–Kier alpha value is -2.91. The molecular weight excluding hydrogens is 384 g/mol. The summed E-state index contributed by atoms with van der Waals surface area (Å²) in [5.74, 6) is -1.10. The lowest BCUT2D eigenvalue weighted by Crippen LogP contribution is -2.30. The molecule has 28 heavy (non-hydrogen) atoms. The third-order valence-corrected chi connectivity index (χ3v) is 5.65. The number of carbonyl (C=O) groups is 2. The van der Waals surface area contributed by atoms with Crippen LogP contribution < -0.4 is 5.32 Å². The summed E-state index contributed by atoms with van der Waals surface area (Å²) < 4.78 is 30.5. The van der Waals surface area contributed by atoms with Crippen molar-refractivity contribution in [3.8, 4) is 5.75 Å². The first kappa shape index (κ1) is 21.4. The minimum atomic E-state index is -3.63. The van der Waals surface area contributed by atoms with E-state index in [0.29, 0.717) is 5.56 Å². The molecular formula is C19H22N2O6S. The summed E-state index contributed by atoms with van der Waals surface area (Å²) in [6.07, 6.45) is -1.12. The minimum Gasteiger partial charge on any atom is -0.508 e. The molecule has 0 fully saturated rings. The Kier molecular flexibility index (Phi) is 6.76. The molecule has 2 N–H and O–H groups in total. The third kappa shape index (κ3) is 5.54. The Morgan fingerprint density at radius 3 is 2.39 bits per heavy atom. The standard InChI is InChI=1S/C19H22N2O6S/c1-13(27-18(23)11-14-7-9-16(22)10-8-14)19(24)20-15-5-4-6-17(12-15)28(25,26)21(2)3/h4-10,12-13,22H,11H2,1-3H3,(H,20,24)/t13-/m1/s1. The lowest BCUT2D eigenvalue weighted by molar-refractivity contribution is -0.152. The molecule has 8 nitrogen and oxygen atoms in total. The van der Waals surface area contributed by atoms with E-state index in [-0.39, 0.29) is 22.8 Å². The molecule has 1 atom stereocenters. The quantitative estimate of drug-likeness (QED) is 0.678. The summed E-state index contributed by atoms with van der Waals surface area (Å²) in [4.78, 5) is 24.3. The van der Waals surface area contributed by atoms with Crippen molar-refractivity contribution in [1.82, 2.24) is 4.31 Å². The molecule has 2 rings (SSSR count). The number of amides is 1. The van der Waals surface area contributed by atoms with Crippen molar-refractivity contribution in [2.75, 3.05) is 19.4 Å². The van der Waals surface area contributed by atoms with Gasteiger partial charge in [0.25, 0.3) is 5.91 Å². The summed E-state index contributed by atoms with van der Waals surface area (Å²) in [6, 6.07) is 11.9. The van der Waals surface area contributed by atoms with Crippen LogP contribution in [0.5, 0.6) is 5.75 Å². The number of hydrogen-bond donors (Lipinski definition) is 2. The maximum Gasteiger partial charge on any atom is 0.311 e. The van der Waals surface area contributed by atoms with Crippen LogP contribution in [0.25, 0.3) is 0 Å². The normalized spacial score (nSPS) is 12.4. The van der Waals surface area contributed by atoms with Gasteiger partial charge in [0.1, 0.15) is 5.75 Å². The zero-order valence-corrected chi connectivity index (χ0v) is 16.6. The lowest BCUT2D eigenvalue weighted by atomic mass is 10.1. The van der Waals surface area contributed by atoms with Gasteiger partial charge in [0.05, 0.1) is 11.3 Å². The number of phenolic OH excluding ortho intramolecular Hbond substituents is 1. The third-order valence-electron chi connectivity index (χ3n) is 3.84. The predicted octanol–water partition coefficient (Wildman–Crippen LogP) is 1.76. The molecule has 2 aromatic carbocycles. The van der Waals surface area contributed by atoms with E-state index in [4.69, 9.17) is 4.74 Å². The first-order chi connectivity index (χ1) is 13.1. The van der Waals surface area contributed by atoms with Crippen LogP contribution in [0.2, 0.25) is 0 Å². The first-order valence-electron chi connectivity index (χ1n) is 8.40. The van der Waals surface area contributed by atoms with Crippen LogP contribution >= 0.6 is 0 Å². The SMILES string of the molecule is C[C@@H](OC(=O)Cc1ccc(O)cc1)C(=O)Nc1cccc(S(=O)(=O)N(C)C)c1. The average Bonchev–Trinajstić information content (AvgIpc) is 2.63. The summed E-state index contributed by atoms with van der Waals surface area (Å²) in [5, 5.41) is 11.8. The molecule has 0 aliphatic carbocycles. The molecule has 150 valence electrons. The molecule has 0 unspecified atom stereocenters. The number of ether oxygens (including phenoxy) is 1. The molecule has 0 radical (unpaired) electrons. The fraction of sp³-hybridized carbons (Fsp3) is 0.263. The van der Waals surface area contributed by atoms with Crippen LogP contribution in [0.3, 0.4) is 0 Å². The number of esters is 1. The van der Waals surface area contributed by atoms with E-state index in [1.807, 2.05) is 0 Å². The van der Waals surface area contributed by atoms with Gasteiger partial charge in [0, 0.05) is 19.8 Å². The van der Waals surface area contributed by atoms with Crippen molar-refractivity contribution in [2.45, 2.75) is 24.3 Å². The van der Waals surface area contributed by atoms with E-state index in [1.54, 1.807) is 12.1 Å². The summed E-state index contributed by atoms with van der Waals surface area (Å²) in [5.41, 5.74) is 0.909. The fourth-order valence-electron chi connectivity index (χ4n) is 2.26. The Bertz CT molecular complexity index is 955. The van der Waals surface area contributed by atoms with Gasteiger partial charge in [-0.15, -0.1) is 0 Å². The Balaban J connectivity index is 1.98.